The second-order valence-electron chi connectivity index (χ2n) is 8.76. The van der Waals surface area contributed by atoms with Crippen LogP contribution < -0.4 is 4.90 Å². The quantitative estimate of drug-likeness (QED) is 0.416. The van der Waals surface area contributed by atoms with Crippen LogP contribution in [0.15, 0.2) is 54.7 Å². The van der Waals surface area contributed by atoms with Gasteiger partial charge in [-0.2, -0.15) is 0 Å². The van der Waals surface area contributed by atoms with E-state index in [2.05, 4.69) is 39.6 Å². The molecule has 1 aliphatic rings. The summed E-state index contributed by atoms with van der Waals surface area (Å²) < 4.78 is 16.3. The first-order valence-corrected chi connectivity index (χ1v) is 11.5. The van der Waals surface area contributed by atoms with Crippen molar-refractivity contribution in [3.63, 3.8) is 0 Å². The van der Waals surface area contributed by atoms with Crippen LogP contribution in [0.25, 0.3) is 22.2 Å². The zero-order valence-corrected chi connectivity index (χ0v) is 19.4. The maximum atomic E-state index is 14.0. The number of aryl methyl sites for hydroxylation is 1. The molecule has 1 saturated heterocycles. The molecule has 1 unspecified atom stereocenters. The van der Waals surface area contributed by atoms with E-state index in [1.165, 1.54) is 11.6 Å². The Kier molecular flexibility index (Phi) is 5.81. The van der Waals surface area contributed by atoms with Crippen LogP contribution >= 0.6 is 0 Å². The van der Waals surface area contributed by atoms with Crippen LogP contribution in [0.3, 0.4) is 0 Å². The van der Waals surface area contributed by atoms with Crippen LogP contribution in [0.5, 0.6) is 0 Å². The van der Waals surface area contributed by atoms with Crippen molar-refractivity contribution in [1.82, 2.24) is 24.4 Å². The van der Waals surface area contributed by atoms with Gasteiger partial charge >= 0.3 is 0 Å². The summed E-state index contributed by atoms with van der Waals surface area (Å²) in [7, 11) is 3.88. The number of fused-ring (bicyclic) bond motifs is 1. The standard InChI is InChI=1S/C26H29FN6/c1-4-33-22-12-6-5-11-21(22)29-24(33)17-32-14-8-13-23(32)25-20(16-28-26(30-25)31(2)3)18-9-7-10-19(27)15-18/h5-7,9-12,15-16,23H,4,8,13-14,17H2,1-3H3. The number of benzene rings is 2. The molecular formula is C26H29FN6. The van der Waals surface area contributed by atoms with Gasteiger partial charge in [-0.25, -0.2) is 19.3 Å². The molecule has 0 aliphatic carbocycles. The molecule has 170 valence electrons. The topological polar surface area (TPSA) is 50.1 Å². The molecule has 0 spiro atoms. The minimum absolute atomic E-state index is 0.120. The lowest BCUT2D eigenvalue weighted by Crippen LogP contribution is -2.26. The van der Waals surface area contributed by atoms with Gasteiger partial charge in [0.05, 0.1) is 29.3 Å². The van der Waals surface area contributed by atoms with Gasteiger partial charge < -0.3 is 9.47 Å². The molecule has 33 heavy (non-hydrogen) atoms. The Labute approximate surface area is 193 Å². The number of nitrogens with zero attached hydrogens (tertiary/aromatic N) is 6. The monoisotopic (exact) mass is 444 g/mol. The fourth-order valence-corrected chi connectivity index (χ4v) is 4.84. The highest BCUT2D eigenvalue weighted by molar-refractivity contribution is 5.75. The fourth-order valence-electron chi connectivity index (χ4n) is 4.84. The first-order chi connectivity index (χ1) is 16.0. The second kappa shape index (κ2) is 8.90. The molecule has 1 fully saturated rings. The Bertz CT molecular complexity index is 1280. The number of likely N-dealkylation sites (tertiary alicyclic amines) is 1. The van der Waals surface area contributed by atoms with Gasteiger partial charge in [0.2, 0.25) is 5.95 Å². The average molecular weight is 445 g/mol. The molecule has 0 saturated carbocycles. The molecule has 5 rings (SSSR count). The van der Waals surface area contributed by atoms with Crippen molar-refractivity contribution < 1.29 is 4.39 Å². The zero-order chi connectivity index (χ0) is 22.9. The molecule has 4 aromatic rings. The molecule has 3 heterocycles. The van der Waals surface area contributed by atoms with Crippen LogP contribution in [-0.2, 0) is 13.1 Å². The Morgan fingerprint density at radius 1 is 1.09 bits per heavy atom. The SMILES string of the molecule is CCn1c(CN2CCCC2c2nc(N(C)C)ncc2-c2cccc(F)c2)nc2ccccc21. The summed E-state index contributed by atoms with van der Waals surface area (Å²) in [5, 5.41) is 0. The van der Waals surface area contributed by atoms with E-state index in [0.717, 1.165) is 60.6 Å². The minimum atomic E-state index is -0.255. The summed E-state index contributed by atoms with van der Waals surface area (Å²) in [5.41, 5.74) is 4.85. The van der Waals surface area contributed by atoms with Crippen molar-refractivity contribution in [2.24, 2.45) is 0 Å². The third-order valence-corrected chi connectivity index (χ3v) is 6.41. The molecule has 2 aromatic heterocycles. The zero-order valence-electron chi connectivity index (χ0n) is 19.4. The van der Waals surface area contributed by atoms with Gasteiger partial charge in [0.25, 0.3) is 0 Å². The first kappa shape index (κ1) is 21.5. The second-order valence-corrected chi connectivity index (χ2v) is 8.76. The van der Waals surface area contributed by atoms with Crippen molar-refractivity contribution in [3.05, 3.63) is 72.1 Å². The van der Waals surface area contributed by atoms with E-state index >= 15 is 0 Å². The van der Waals surface area contributed by atoms with Gasteiger partial charge in [-0.1, -0.05) is 24.3 Å². The van der Waals surface area contributed by atoms with Crippen LogP contribution in [0.2, 0.25) is 0 Å². The Morgan fingerprint density at radius 2 is 1.94 bits per heavy atom. The largest absolute Gasteiger partial charge is 0.347 e. The molecule has 1 aliphatic heterocycles. The van der Waals surface area contributed by atoms with Crippen LogP contribution in [0.4, 0.5) is 10.3 Å². The van der Waals surface area contributed by atoms with Crippen molar-refractivity contribution in [2.45, 2.75) is 38.9 Å². The summed E-state index contributed by atoms with van der Waals surface area (Å²) in [5.74, 6) is 1.48. The van der Waals surface area contributed by atoms with Crippen molar-refractivity contribution in [3.8, 4) is 11.1 Å². The van der Waals surface area contributed by atoms with Gasteiger partial charge in [-0.05, 0) is 56.1 Å². The van der Waals surface area contributed by atoms with Gasteiger partial charge in [0, 0.05) is 32.4 Å². The molecule has 7 heteroatoms. The third kappa shape index (κ3) is 4.09. The summed E-state index contributed by atoms with van der Waals surface area (Å²) in [6.07, 6.45) is 3.92. The molecule has 0 radical (unpaired) electrons. The molecule has 6 nitrogen and oxygen atoms in total. The van der Waals surface area contributed by atoms with Crippen molar-refractivity contribution in [1.29, 1.82) is 0 Å². The molecule has 0 N–H and O–H groups in total. The number of para-hydroxylation sites is 2. The Balaban J connectivity index is 1.55. The molecular weight excluding hydrogens is 415 g/mol. The normalized spacial score (nSPS) is 16.5. The number of rotatable bonds is 6. The van der Waals surface area contributed by atoms with E-state index in [0.29, 0.717) is 5.95 Å². The van der Waals surface area contributed by atoms with Crippen LogP contribution in [0, 0.1) is 5.82 Å². The van der Waals surface area contributed by atoms with E-state index < -0.39 is 0 Å². The Hall–Kier alpha value is -3.32. The lowest BCUT2D eigenvalue weighted by molar-refractivity contribution is 0.236. The number of anilines is 1. The Morgan fingerprint density at radius 3 is 2.73 bits per heavy atom. The van der Waals surface area contributed by atoms with E-state index in [-0.39, 0.29) is 11.9 Å². The molecule has 0 bridgehead atoms. The molecule has 1 atom stereocenters. The molecule has 2 aromatic carbocycles. The fraction of sp³-hybridized carbons (Fsp3) is 0.346. The highest BCUT2D eigenvalue weighted by Gasteiger charge is 2.31. The van der Waals surface area contributed by atoms with Crippen molar-refractivity contribution in [2.75, 3.05) is 25.5 Å². The number of aromatic nitrogens is 4. The number of hydrogen-bond acceptors (Lipinski definition) is 5. The maximum absolute atomic E-state index is 14.0. The minimum Gasteiger partial charge on any atom is -0.347 e. The van der Waals surface area contributed by atoms with Gasteiger partial charge in [-0.15, -0.1) is 0 Å². The van der Waals surface area contributed by atoms with Gasteiger partial charge in [0.1, 0.15) is 11.6 Å². The summed E-state index contributed by atoms with van der Waals surface area (Å²) in [4.78, 5) is 18.8. The highest BCUT2D eigenvalue weighted by Crippen LogP contribution is 2.38. The lowest BCUT2D eigenvalue weighted by Gasteiger charge is -2.26. The summed E-state index contributed by atoms with van der Waals surface area (Å²) >= 11 is 0. The van der Waals surface area contributed by atoms with Crippen LogP contribution in [-0.4, -0.2) is 45.1 Å². The lowest BCUT2D eigenvalue weighted by atomic mass is 9.99. The number of hydrogen-bond donors (Lipinski definition) is 0. The summed E-state index contributed by atoms with van der Waals surface area (Å²) in [6.45, 7) is 4.76. The van der Waals surface area contributed by atoms with E-state index in [4.69, 9.17) is 9.97 Å². The van der Waals surface area contributed by atoms with Crippen molar-refractivity contribution >= 4 is 17.0 Å². The highest BCUT2D eigenvalue weighted by atomic mass is 19.1. The maximum Gasteiger partial charge on any atom is 0.225 e. The van der Waals surface area contributed by atoms with E-state index in [9.17, 15) is 4.39 Å². The van der Waals surface area contributed by atoms with E-state index in [1.807, 2.05) is 37.3 Å². The van der Waals surface area contributed by atoms with E-state index in [1.54, 1.807) is 12.1 Å². The van der Waals surface area contributed by atoms with Gasteiger partial charge in [-0.3, -0.25) is 4.90 Å². The third-order valence-electron chi connectivity index (χ3n) is 6.41. The summed E-state index contributed by atoms with van der Waals surface area (Å²) in [6, 6.07) is 15.1. The number of halogens is 1. The van der Waals surface area contributed by atoms with Crippen LogP contribution in [0.1, 0.15) is 37.3 Å². The van der Waals surface area contributed by atoms with Gasteiger partial charge in [0.15, 0.2) is 0 Å². The molecule has 0 amide bonds. The number of imidazole rings is 1. The average Bonchev–Trinajstić information content (AvgIpc) is 3.42. The predicted octanol–water partition coefficient (Wildman–Crippen LogP) is 5.06. The smallest absolute Gasteiger partial charge is 0.225 e. The first-order valence-electron chi connectivity index (χ1n) is 11.5. The predicted molar refractivity (Wildman–Crippen MR) is 130 cm³/mol.